The van der Waals surface area contributed by atoms with E-state index in [0.717, 1.165) is 11.1 Å². The number of aliphatic carboxylic acids is 1. The Labute approximate surface area is 134 Å². The molecule has 0 fully saturated rings. The average Bonchev–Trinajstić information content (AvgIpc) is 2.38. The number of benzene rings is 2. The standard InChI is InChI=1S/C15H14O3.Na/c1-11-2-4-12(5-3-11)13-6-8-14(9-7-13)18-10-15(16)17;/h2-9H,10H2,1H3,(H,16,17);/q;+1/p-1. The molecule has 0 atom stereocenters. The van der Waals surface area contributed by atoms with E-state index in [4.69, 9.17) is 4.74 Å². The van der Waals surface area contributed by atoms with Crippen molar-refractivity contribution >= 4 is 5.97 Å². The van der Waals surface area contributed by atoms with E-state index in [1.54, 1.807) is 12.1 Å². The fourth-order valence-electron chi connectivity index (χ4n) is 1.63. The molecule has 0 radical (unpaired) electrons. The molecule has 0 heterocycles. The van der Waals surface area contributed by atoms with Crippen molar-refractivity contribution < 1.29 is 44.2 Å². The first-order chi connectivity index (χ1) is 8.65. The fraction of sp³-hybridized carbons (Fsp3) is 0.133. The van der Waals surface area contributed by atoms with Crippen LogP contribution in [0, 0.1) is 6.92 Å². The van der Waals surface area contributed by atoms with Gasteiger partial charge in [-0.3, -0.25) is 0 Å². The Morgan fingerprint density at radius 2 is 1.47 bits per heavy atom. The summed E-state index contributed by atoms with van der Waals surface area (Å²) < 4.78 is 5.02. The van der Waals surface area contributed by atoms with Gasteiger partial charge in [-0.1, -0.05) is 42.0 Å². The minimum Gasteiger partial charge on any atom is -0.546 e. The summed E-state index contributed by atoms with van der Waals surface area (Å²) in [7, 11) is 0. The van der Waals surface area contributed by atoms with E-state index in [1.165, 1.54) is 5.56 Å². The van der Waals surface area contributed by atoms with Gasteiger partial charge in [0.1, 0.15) is 12.4 Å². The molecule has 4 heteroatoms. The van der Waals surface area contributed by atoms with Crippen LogP contribution in [-0.2, 0) is 4.79 Å². The summed E-state index contributed by atoms with van der Waals surface area (Å²) in [4.78, 5) is 10.3. The number of carboxylic acids is 1. The van der Waals surface area contributed by atoms with Gasteiger partial charge in [-0.15, -0.1) is 0 Å². The minimum atomic E-state index is -1.22. The number of carbonyl (C=O) groups is 1. The fourth-order valence-corrected chi connectivity index (χ4v) is 1.63. The third kappa shape index (κ3) is 4.71. The molecule has 0 aliphatic carbocycles. The van der Waals surface area contributed by atoms with Gasteiger partial charge < -0.3 is 14.6 Å². The van der Waals surface area contributed by atoms with Gasteiger partial charge in [0.25, 0.3) is 0 Å². The van der Waals surface area contributed by atoms with Crippen LogP contribution in [0.25, 0.3) is 11.1 Å². The smallest absolute Gasteiger partial charge is 0.546 e. The molecule has 92 valence electrons. The molecule has 0 bridgehead atoms. The SMILES string of the molecule is Cc1ccc(-c2ccc(OCC(=O)[O-])cc2)cc1.[Na+]. The first-order valence-corrected chi connectivity index (χ1v) is 5.65. The maximum Gasteiger partial charge on any atom is 1.00 e. The second-order valence-electron chi connectivity index (χ2n) is 4.05. The summed E-state index contributed by atoms with van der Waals surface area (Å²) in [6.07, 6.45) is 0. The number of hydrogen-bond donors (Lipinski definition) is 0. The second-order valence-corrected chi connectivity index (χ2v) is 4.05. The van der Waals surface area contributed by atoms with Gasteiger partial charge in [0.15, 0.2) is 0 Å². The first kappa shape index (κ1) is 15.8. The third-order valence-corrected chi connectivity index (χ3v) is 2.60. The van der Waals surface area contributed by atoms with Crippen molar-refractivity contribution in [3.8, 4) is 16.9 Å². The van der Waals surface area contributed by atoms with E-state index in [0.29, 0.717) is 5.75 Å². The molecule has 2 aromatic rings. The zero-order valence-electron chi connectivity index (χ0n) is 11.1. The molecule has 0 aliphatic rings. The van der Waals surface area contributed by atoms with Gasteiger partial charge >= 0.3 is 29.6 Å². The predicted octanol–water partition coefficient (Wildman–Crippen LogP) is -1.21. The molecule has 19 heavy (non-hydrogen) atoms. The van der Waals surface area contributed by atoms with Gasteiger partial charge in [0.2, 0.25) is 0 Å². The molecular weight excluding hydrogens is 251 g/mol. The maximum atomic E-state index is 10.3. The van der Waals surface area contributed by atoms with Crippen molar-refractivity contribution in [3.05, 3.63) is 54.1 Å². The van der Waals surface area contributed by atoms with Crippen LogP contribution < -0.4 is 39.4 Å². The van der Waals surface area contributed by atoms with Crippen LogP contribution in [-0.4, -0.2) is 12.6 Å². The van der Waals surface area contributed by atoms with Gasteiger partial charge in [0, 0.05) is 0 Å². The van der Waals surface area contributed by atoms with Gasteiger partial charge in [-0.25, -0.2) is 0 Å². The number of rotatable bonds is 4. The Balaban J connectivity index is 0.00000180. The molecular formula is C15H13NaO3. The molecule has 2 rings (SSSR count). The topological polar surface area (TPSA) is 49.4 Å². The van der Waals surface area contributed by atoms with E-state index in [1.807, 2.05) is 31.2 Å². The van der Waals surface area contributed by atoms with Crippen LogP contribution in [0.5, 0.6) is 5.75 Å². The number of aryl methyl sites for hydroxylation is 1. The molecule has 0 unspecified atom stereocenters. The summed E-state index contributed by atoms with van der Waals surface area (Å²) in [5.74, 6) is -0.701. The van der Waals surface area contributed by atoms with E-state index in [-0.39, 0.29) is 29.6 Å². The number of carboxylic acid groups (broad SMARTS) is 1. The minimum absolute atomic E-state index is 0. The Morgan fingerprint density at radius 1 is 1.00 bits per heavy atom. The summed E-state index contributed by atoms with van der Waals surface area (Å²) in [6.45, 7) is 1.62. The largest absolute Gasteiger partial charge is 1.00 e. The molecule has 0 saturated heterocycles. The summed E-state index contributed by atoms with van der Waals surface area (Å²) in [6, 6.07) is 15.5. The van der Waals surface area contributed by atoms with Crippen LogP contribution in [0.2, 0.25) is 0 Å². The van der Waals surface area contributed by atoms with Gasteiger partial charge in [0.05, 0.1) is 5.97 Å². The Morgan fingerprint density at radius 3 is 1.95 bits per heavy atom. The number of carbonyl (C=O) groups excluding carboxylic acids is 1. The normalized spacial score (nSPS) is 9.53. The van der Waals surface area contributed by atoms with Crippen LogP contribution in [0.15, 0.2) is 48.5 Å². The quantitative estimate of drug-likeness (QED) is 0.651. The molecule has 0 aromatic heterocycles. The van der Waals surface area contributed by atoms with E-state index in [2.05, 4.69) is 12.1 Å². The zero-order chi connectivity index (χ0) is 13.0. The average molecular weight is 264 g/mol. The Hall–Kier alpha value is -1.29. The van der Waals surface area contributed by atoms with Crippen molar-refractivity contribution in [2.45, 2.75) is 6.92 Å². The van der Waals surface area contributed by atoms with Crippen molar-refractivity contribution in [2.24, 2.45) is 0 Å². The van der Waals surface area contributed by atoms with Crippen LogP contribution in [0.1, 0.15) is 5.56 Å². The molecule has 0 aliphatic heterocycles. The van der Waals surface area contributed by atoms with Crippen molar-refractivity contribution in [1.82, 2.24) is 0 Å². The molecule has 0 amide bonds. The van der Waals surface area contributed by atoms with Gasteiger partial charge in [-0.05, 0) is 30.2 Å². The van der Waals surface area contributed by atoms with Crippen molar-refractivity contribution in [3.63, 3.8) is 0 Å². The Bertz CT molecular complexity index is 532. The first-order valence-electron chi connectivity index (χ1n) is 5.65. The third-order valence-electron chi connectivity index (χ3n) is 2.60. The van der Waals surface area contributed by atoms with Crippen LogP contribution in [0.3, 0.4) is 0 Å². The van der Waals surface area contributed by atoms with Gasteiger partial charge in [-0.2, -0.15) is 0 Å². The van der Waals surface area contributed by atoms with Crippen LogP contribution in [0.4, 0.5) is 0 Å². The number of ether oxygens (including phenoxy) is 1. The molecule has 0 N–H and O–H groups in total. The number of hydrogen-bond acceptors (Lipinski definition) is 3. The maximum absolute atomic E-state index is 10.3. The van der Waals surface area contributed by atoms with Crippen LogP contribution >= 0.6 is 0 Å². The predicted molar refractivity (Wildman–Crippen MR) is 67.1 cm³/mol. The van der Waals surface area contributed by atoms with E-state index >= 15 is 0 Å². The molecule has 2 aromatic carbocycles. The molecule has 0 saturated carbocycles. The van der Waals surface area contributed by atoms with Crippen molar-refractivity contribution in [1.29, 1.82) is 0 Å². The van der Waals surface area contributed by atoms with Crippen molar-refractivity contribution in [2.75, 3.05) is 6.61 Å². The van der Waals surface area contributed by atoms with E-state index < -0.39 is 12.6 Å². The summed E-state index contributed by atoms with van der Waals surface area (Å²) >= 11 is 0. The second kappa shape index (κ2) is 7.34. The van der Waals surface area contributed by atoms with E-state index in [9.17, 15) is 9.90 Å². The molecule has 0 spiro atoms. The zero-order valence-corrected chi connectivity index (χ0v) is 13.1. The monoisotopic (exact) mass is 264 g/mol. The summed E-state index contributed by atoms with van der Waals surface area (Å²) in [5, 5.41) is 10.3. The molecule has 3 nitrogen and oxygen atoms in total. The Kier molecular flexibility index (Phi) is 6.09. The summed E-state index contributed by atoms with van der Waals surface area (Å²) in [5.41, 5.74) is 3.40.